The lowest BCUT2D eigenvalue weighted by Gasteiger charge is -2.22. The summed E-state index contributed by atoms with van der Waals surface area (Å²) in [7, 11) is 0. The Labute approximate surface area is 131 Å². The zero-order valence-corrected chi connectivity index (χ0v) is 13.8. The molecule has 1 unspecified atom stereocenters. The molecule has 0 aromatic heterocycles. The summed E-state index contributed by atoms with van der Waals surface area (Å²) in [5.41, 5.74) is 8.55. The number of carbonyl (C=O) groups excluding carboxylic acids is 2. The third-order valence-corrected chi connectivity index (χ3v) is 4.08. The van der Waals surface area contributed by atoms with Gasteiger partial charge in [0.25, 0.3) is 0 Å². The lowest BCUT2D eigenvalue weighted by atomic mass is 10.1. The van der Waals surface area contributed by atoms with Crippen LogP contribution in [0.3, 0.4) is 0 Å². The van der Waals surface area contributed by atoms with E-state index in [1.54, 1.807) is 4.90 Å². The predicted molar refractivity (Wildman–Crippen MR) is 87.7 cm³/mol. The van der Waals surface area contributed by atoms with Crippen LogP contribution in [0.5, 0.6) is 0 Å². The van der Waals surface area contributed by atoms with Crippen molar-refractivity contribution in [2.75, 3.05) is 18.0 Å². The minimum Gasteiger partial charge on any atom is -0.354 e. The van der Waals surface area contributed by atoms with Crippen LogP contribution < -0.4 is 16.0 Å². The van der Waals surface area contributed by atoms with Crippen molar-refractivity contribution in [3.05, 3.63) is 29.3 Å². The van der Waals surface area contributed by atoms with Crippen LogP contribution >= 0.6 is 0 Å². The molecule has 0 saturated carbocycles. The smallest absolute Gasteiger partial charge is 0.227 e. The first-order valence-corrected chi connectivity index (χ1v) is 7.62. The van der Waals surface area contributed by atoms with Gasteiger partial charge in [0.15, 0.2) is 0 Å². The van der Waals surface area contributed by atoms with Crippen molar-refractivity contribution in [1.82, 2.24) is 5.32 Å². The number of nitrogens with zero attached hydrogens (tertiary/aromatic N) is 1. The molecule has 5 nitrogen and oxygen atoms in total. The van der Waals surface area contributed by atoms with Gasteiger partial charge in [-0.1, -0.05) is 12.1 Å². The van der Waals surface area contributed by atoms with Crippen molar-refractivity contribution in [1.29, 1.82) is 0 Å². The Balaban J connectivity index is 2.08. The van der Waals surface area contributed by atoms with Gasteiger partial charge in [0, 0.05) is 30.7 Å². The summed E-state index contributed by atoms with van der Waals surface area (Å²) in [6, 6.07) is 5.89. The van der Waals surface area contributed by atoms with E-state index in [0.29, 0.717) is 13.1 Å². The van der Waals surface area contributed by atoms with Gasteiger partial charge in [-0.15, -0.1) is 0 Å². The first-order valence-electron chi connectivity index (χ1n) is 7.62. The van der Waals surface area contributed by atoms with Crippen LogP contribution in [0.1, 0.15) is 31.4 Å². The Morgan fingerprint density at radius 2 is 2.09 bits per heavy atom. The van der Waals surface area contributed by atoms with Crippen molar-refractivity contribution in [2.24, 2.45) is 11.7 Å². The molecule has 1 aliphatic heterocycles. The molecule has 22 heavy (non-hydrogen) atoms. The molecule has 5 heteroatoms. The van der Waals surface area contributed by atoms with Gasteiger partial charge in [-0.25, -0.2) is 0 Å². The van der Waals surface area contributed by atoms with Crippen LogP contribution in [0, 0.1) is 19.8 Å². The molecule has 1 atom stereocenters. The van der Waals surface area contributed by atoms with Crippen LogP contribution in [0.2, 0.25) is 0 Å². The first kappa shape index (κ1) is 16.5. The zero-order chi connectivity index (χ0) is 16.5. The largest absolute Gasteiger partial charge is 0.354 e. The maximum Gasteiger partial charge on any atom is 0.227 e. The van der Waals surface area contributed by atoms with Crippen LogP contribution in [0.25, 0.3) is 0 Å². The fourth-order valence-electron chi connectivity index (χ4n) is 2.60. The van der Waals surface area contributed by atoms with Gasteiger partial charge >= 0.3 is 0 Å². The fourth-order valence-corrected chi connectivity index (χ4v) is 2.60. The molecule has 1 aliphatic rings. The molecule has 120 valence electrons. The number of benzene rings is 1. The Hall–Kier alpha value is -1.88. The van der Waals surface area contributed by atoms with Gasteiger partial charge < -0.3 is 16.0 Å². The molecule has 1 aromatic carbocycles. The molecule has 0 bridgehead atoms. The number of hydrogen-bond acceptors (Lipinski definition) is 3. The third kappa shape index (κ3) is 3.65. The highest BCUT2D eigenvalue weighted by Crippen LogP contribution is 2.29. The van der Waals surface area contributed by atoms with Gasteiger partial charge in [-0.05, 0) is 44.9 Å². The van der Waals surface area contributed by atoms with Crippen molar-refractivity contribution in [3.63, 3.8) is 0 Å². The molecule has 0 aliphatic carbocycles. The quantitative estimate of drug-likeness (QED) is 0.885. The number of nitrogens with one attached hydrogen (secondary N) is 1. The van der Waals surface area contributed by atoms with E-state index in [0.717, 1.165) is 16.8 Å². The van der Waals surface area contributed by atoms with E-state index < -0.39 is 5.54 Å². The highest BCUT2D eigenvalue weighted by atomic mass is 16.2. The molecule has 1 saturated heterocycles. The number of nitrogens with two attached hydrogens (primary N) is 1. The molecule has 2 rings (SSSR count). The lowest BCUT2D eigenvalue weighted by Crippen LogP contribution is -2.46. The summed E-state index contributed by atoms with van der Waals surface area (Å²) in [5.74, 6) is -0.407. The molecular formula is C17H25N3O2. The van der Waals surface area contributed by atoms with E-state index in [1.165, 1.54) is 0 Å². The second kappa shape index (κ2) is 6.08. The minimum atomic E-state index is -0.453. The zero-order valence-electron chi connectivity index (χ0n) is 13.8. The summed E-state index contributed by atoms with van der Waals surface area (Å²) >= 11 is 0. The maximum absolute atomic E-state index is 12.3. The molecule has 2 amide bonds. The first-order chi connectivity index (χ1) is 10.2. The average molecular weight is 303 g/mol. The number of hydrogen-bond donors (Lipinski definition) is 2. The summed E-state index contributed by atoms with van der Waals surface area (Å²) in [4.78, 5) is 26.2. The second-order valence-electron chi connectivity index (χ2n) is 6.83. The fraction of sp³-hybridized carbons (Fsp3) is 0.529. The molecule has 0 spiro atoms. The minimum absolute atomic E-state index is 0.000795. The van der Waals surface area contributed by atoms with E-state index in [-0.39, 0.29) is 24.2 Å². The summed E-state index contributed by atoms with van der Waals surface area (Å²) in [6.45, 7) is 8.57. The van der Waals surface area contributed by atoms with Gasteiger partial charge in [-0.2, -0.15) is 0 Å². The molecule has 3 N–H and O–H groups in total. The van der Waals surface area contributed by atoms with Crippen LogP contribution in [0.4, 0.5) is 5.69 Å². The molecule has 1 fully saturated rings. The number of carbonyl (C=O) groups is 2. The van der Waals surface area contributed by atoms with Gasteiger partial charge in [0.05, 0.1) is 5.92 Å². The standard InChI is InChI=1S/C17H25N3O2/c1-11-6-5-7-14(12(11)2)20-9-13(8-15(20)21)16(22)19-10-17(3,4)18/h5-7,13H,8-10,18H2,1-4H3,(H,19,22). The molecule has 1 heterocycles. The van der Waals surface area contributed by atoms with Crippen LogP contribution in [0.15, 0.2) is 18.2 Å². The SMILES string of the molecule is Cc1cccc(N2CC(C(=O)NCC(C)(C)N)CC2=O)c1C. The maximum atomic E-state index is 12.3. The Morgan fingerprint density at radius 3 is 2.73 bits per heavy atom. The van der Waals surface area contributed by atoms with E-state index in [2.05, 4.69) is 5.32 Å². The number of rotatable bonds is 4. The molecular weight excluding hydrogens is 278 g/mol. The monoisotopic (exact) mass is 303 g/mol. The highest BCUT2D eigenvalue weighted by Gasteiger charge is 2.35. The number of aryl methyl sites for hydroxylation is 1. The normalized spacial score (nSPS) is 18.7. The third-order valence-electron chi connectivity index (χ3n) is 4.08. The van der Waals surface area contributed by atoms with Gasteiger partial charge in [0.1, 0.15) is 0 Å². The second-order valence-corrected chi connectivity index (χ2v) is 6.83. The topological polar surface area (TPSA) is 75.4 Å². The number of amides is 2. The predicted octanol–water partition coefficient (Wildman–Crippen LogP) is 1.51. The Bertz CT molecular complexity index is 590. The summed E-state index contributed by atoms with van der Waals surface area (Å²) in [5, 5.41) is 2.84. The van der Waals surface area contributed by atoms with Crippen molar-refractivity contribution in [2.45, 2.75) is 39.7 Å². The Kier molecular flexibility index (Phi) is 4.56. The highest BCUT2D eigenvalue weighted by molar-refractivity contribution is 6.00. The van der Waals surface area contributed by atoms with E-state index in [4.69, 9.17) is 5.73 Å². The van der Waals surface area contributed by atoms with Crippen molar-refractivity contribution < 1.29 is 9.59 Å². The van der Waals surface area contributed by atoms with E-state index >= 15 is 0 Å². The number of anilines is 1. The average Bonchev–Trinajstić information content (AvgIpc) is 2.80. The van der Waals surface area contributed by atoms with Crippen LogP contribution in [-0.4, -0.2) is 30.4 Å². The van der Waals surface area contributed by atoms with E-state index in [1.807, 2.05) is 45.9 Å². The van der Waals surface area contributed by atoms with E-state index in [9.17, 15) is 9.59 Å². The lowest BCUT2D eigenvalue weighted by molar-refractivity contribution is -0.126. The van der Waals surface area contributed by atoms with Crippen molar-refractivity contribution in [3.8, 4) is 0 Å². The van der Waals surface area contributed by atoms with Gasteiger partial charge in [-0.3, -0.25) is 9.59 Å². The molecule has 1 aromatic rings. The summed E-state index contributed by atoms with van der Waals surface area (Å²) < 4.78 is 0. The Morgan fingerprint density at radius 1 is 1.41 bits per heavy atom. The van der Waals surface area contributed by atoms with Crippen molar-refractivity contribution >= 4 is 17.5 Å². The summed E-state index contributed by atoms with van der Waals surface area (Å²) in [6.07, 6.45) is 0.254. The van der Waals surface area contributed by atoms with Crippen LogP contribution in [-0.2, 0) is 9.59 Å². The van der Waals surface area contributed by atoms with Gasteiger partial charge in [0.2, 0.25) is 11.8 Å². The molecule has 0 radical (unpaired) electrons.